The standard InChI is InChI=1S/C3H8O4S.K.H/c4-2-1-3-8(5,6)7;;/h4H,1-3H2,(H,5,6,7);;/q;+1;-1. The molecular formula is C3H9KO4S. The normalized spacial score (nSPS) is 10.4. The molecule has 0 spiro atoms. The fourth-order valence-corrected chi connectivity index (χ4v) is 0.741. The fourth-order valence-electron chi connectivity index (χ4n) is 0.247. The Hall–Kier alpha value is 1.51. The molecule has 0 aromatic carbocycles. The number of aliphatic hydroxyl groups excluding tert-OH is 1. The average Bonchev–Trinajstić information content (AvgIpc) is 1.59. The van der Waals surface area contributed by atoms with Crippen molar-refractivity contribution in [2.75, 3.05) is 12.4 Å². The number of hydrogen-bond donors (Lipinski definition) is 2. The van der Waals surface area contributed by atoms with E-state index in [1.54, 1.807) is 0 Å². The quantitative estimate of drug-likeness (QED) is 0.347. The summed E-state index contributed by atoms with van der Waals surface area (Å²) in [5, 5.41) is 8.05. The van der Waals surface area contributed by atoms with Gasteiger partial charge in [-0.2, -0.15) is 8.42 Å². The summed E-state index contributed by atoms with van der Waals surface area (Å²) < 4.78 is 27.7. The van der Waals surface area contributed by atoms with E-state index in [0.717, 1.165) is 0 Å². The van der Waals surface area contributed by atoms with Gasteiger partial charge in [0, 0.05) is 6.61 Å². The molecule has 0 saturated carbocycles. The SMILES string of the molecule is O=S(=O)(O)CCCO.[H-].[K+]. The Labute approximate surface area is 98.3 Å². The first kappa shape index (κ1) is 13.1. The van der Waals surface area contributed by atoms with Crippen LogP contribution < -0.4 is 51.4 Å². The predicted molar refractivity (Wildman–Crippen MR) is 29.2 cm³/mol. The molecule has 0 bridgehead atoms. The van der Waals surface area contributed by atoms with Gasteiger partial charge in [0.2, 0.25) is 0 Å². The first-order chi connectivity index (χ1) is 3.56. The van der Waals surface area contributed by atoms with Crippen LogP contribution in [0.5, 0.6) is 0 Å². The Morgan fingerprint density at radius 3 is 2.00 bits per heavy atom. The van der Waals surface area contributed by atoms with Gasteiger partial charge in [-0.05, 0) is 6.42 Å². The minimum atomic E-state index is -3.85. The molecule has 0 heterocycles. The second-order valence-electron chi connectivity index (χ2n) is 1.36. The van der Waals surface area contributed by atoms with Crippen LogP contribution >= 0.6 is 0 Å². The maximum absolute atomic E-state index is 9.83. The van der Waals surface area contributed by atoms with E-state index in [-0.39, 0.29) is 71.6 Å². The number of aliphatic hydroxyl groups is 1. The third-order valence-corrected chi connectivity index (χ3v) is 1.36. The van der Waals surface area contributed by atoms with Gasteiger partial charge in [0.15, 0.2) is 0 Å². The zero-order valence-electron chi connectivity index (χ0n) is 6.24. The second kappa shape index (κ2) is 6.23. The van der Waals surface area contributed by atoms with E-state index >= 15 is 0 Å². The molecule has 0 atom stereocenters. The van der Waals surface area contributed by atoms with Crippen molar-refractivity contribution in [1.29, 1.82) is 0 Å². The summed E-state index contributed by atoms with van der Waals surface area (Å²) in [6.07, 6.45) is 0.0961. The van der Waals surface area contributed by atoms with Crippen LogP contribution in [0.1, 0.15) is 7.85 Å². The maximum atomic E-state index is 9.83. The Morgan fingerprint density at radius 2 is 1.89 bits per heavy atom. The summed E-state index contributed by atoms with van der Waals surface area (Å²) in [5.74, 6) is -0.358. The van der Waals surface area contributed by atoms with E-state index in [1.165, 1.54) is 0 Å². The Balaban J connectivity index is -0.000000245. The molecule has 2 N–H and O–H groups in total. The summed E-state index contributed by atoms with van der Waals surface area (Å²) >= 11 is 0. The van der Waals surface area contributed by atoms with Gasteiger partial charge >= 0.3 is 51.4 Å². The molecule has 0 unspecified atom stereocenters. The van der Waals surface area contributed by atoms with Gasteiger partial charge in [-0.1, -0.05) is 0 Å². The first-order valence-electron chi connectivity index (χ1n) is 2.12. The Morgan fingerprint density at radius 1 is 1.44 bits per heavy atom. The summed E-state index contributed by atoms with van der Waals surface area (Å²) in [6.45, 7) is -0.209. The third kappa shape index (κ3) is 12.7. The van der Waals surface area contributed by atoms with Crippen molar-refractivity contribution in [3.05, 3.63) is 0 Å². The largest absolute Gasteiger partial charge is 1.00 e. The molecule has 0 fully saturated rings. The van der Waals surface area contributed by atoms with E-state index in [1.807, 2.05) is 0 Å². The smallest absolute Gasteiger partial charge is 1.00 e. The van der Waals surface area contributed by atoms with Crippen molar-refractivity contribution < 1.29 is 70.9 Å². The van der Waals surface area contributed by atoms with E-state index in [4.69, 9.17) is 9.66 Å². The fraction of sp³-hybridized carbons (Fsp3) is 1.00. The van der Waals surface area contributed by atoms with Crippen molar-refractivity contribution in [2.24, 2.45) is 0 Å². The molecule has 0 saturated heterocycles. The molecule has 0 aromatic rings. The molecule has 0 amide bonds. The van der Waals surface area contributed by atoms with Crippen LogP contribution in [0.15, 0.2) is 0 Å². The average molecular weight is 180 g/mol. The van der Waals surface area contributed by atoms with Crippen LogP contribution in [-0.4, -0.2) is 30.4 Å². The second-order valence-corrected chi connectivity index (χ2v) is 2.94. The minimum Gasteiger partial charge on any atom is -1.00 e. The van der Waals surface area contributed by atoms with Gasteiger partial charge in [-0.15, -0.1) is 0 Å². The van der Waals surface area contributed by atoms with Crippen LogP contribution in [-0.2, 0) is 10.1 Å². The van der Waals surface area contributed by atoms with Gasteiger partial charge in [-0.25, -0.2) is 0 Å². The Bertz CT molecular complexity index is 145. The first-order valence-corrected chi connectivity index (χ1v) is 3.73. The van der Waals surface area contributed by atoms with Crippen molar-refractivity contribution in [3.63, 3.8) is 0 Å². The maximum Gasteiger partial charge on any atom is 1.00 e. The Kier molecular flexibility index (Phi) is 9.09. The van der Waals surface area contributed by atoms with E-state index in [2.05, 4.69) is 0 Å². The summed E-state index contributed by atoms with van der Waals surface area (Å²) in [4.78, 5) is 0. The van der Waals surface area contributed by atoms with E-state index < -0.39 is 10.1 Å². The summed E-state index contributed by atoms with van der Waals surface area (Å²) in [7, 11) is -3.85. The topological polar surface area (TPSA) is 74.6 Å². The molecule has 0 aliphatic heterocycles. The van der Waals surface area contributed by atoms with Crippen LogP contribution in [0.3, 0.4) is 0 Å². The van der Waals surface area contributed by atoms with Gasteiger partial charge in [-0.3, -0.25) is 4.55 Å². The van der Waals surface area contributed by atoms with Crippen molar-refractivity contribution in [3.8, 4) is 0 Å². The number of hydrogen-bond acceptors (Lipinski definition) is 3. The minimum absolute atomic E-state index is 0. The molecular weight excluding hydrogens is 171 g/mol. The molecule has 0 radical (unpaired) electrons. The molecule has 9 heavy (non-hydrogen) atoms. The van der Waals surface area contributed by atoms with Crippen molar-refractivity contribution >= 4 is 10.1 Å². The predicted octanol–water partition coefficient (Wildman–Crippen LogP) is -3.63. The summed E-state index contributed by atoms with van der Waals surface area (Å²) in [5.41, 5.74) is 0. The van der Waals surface area contributed by atoms with Gasteiger partial charge in [0.05, 0.1) is 5.75 Å². The molecule has 0 aliphatic carbocycles. The van der Waals surface area contributed by atoms with Crippen molar-refractivity contribution in [2.45, 2.75) is 6.42 Å². The van der Waals surface area contributed by atoms with E-state index in [9.17, 15) is 8.42 Å². The zero-order chi connectivity index (χ0) is 6.62. The summed E-state index contributed by atoms with van der Waals surface area (Å²) in [6, 6.07) is 0. The van der Waals surface area contributed by atoms with Crippen LogP contribution in [0, 0.1) is 0 Å². The molecule has 52 valence electrons. The van der Waals surface area contributed by atoms with Crippen LogP contribution in [0.25, 0.3) is 0 Å². The number of rotatable bonds is 3. The molecule has 0 rings (SSSR count). The van der Waals surface area contributed by atoms with Crippen LogP contribution in [0.4, 0.5) is 0 Å². The van der Waals surface area contributed by atoms with Crippen LogP contribution in [0.2, 0.25) is 0 Å². The van der Waals surface area contributed by atoms with E-state index in [0.29, 0.717) is 0 Å². The monoisotopic (exact) mass is 180 g/mol. The van der Waals surface area contributed by atoms with Crippen molar-refractivity contribution in [1.82, 2.24) is 0 Å². The zero-order valence-corrected chi connectivity index (χ0v) is 9.18. The van der Waals surface area contributed by atoms with Gasteiger partial charge in [0.1, 0.15) is 0 Å². The van der Waals surface area contributed by atoms with Gasteiger partial charge in [0.25, 0.3) is 10.1 Å². The molecule has 6 heteroatoms. The molecule has 4 nitrogen and oxygen atoms in total. The van der Waals surface area contributed by atoms with Gasteiger partial charge < -0.3 is 6.53 Å². The molecule has 0 aromatic heterocycles. The third-order valence-electron chi connectivity index (χ3n) is 0.560. The molecule has 0 aliphatic rings.